The number of amides is 7. The molecule has 0 saturated carbocycles. The fourth-order valence-corrected chi connectivity index (χ4v) is 8.28. The van der Waals surface area contributed by atoms with Crippen LogP contribution in [0.2, 0.25) is 0 Å². The quantitative estimate of drug-likeness (QED) is 0.0135. The van der Waals surface area contributed by atoms with Gasteiger partial charge in [-0.1, -0.05) is 76.6 Å². The minimum Gasteiger partial charge on any atom is -0.480 e. The Morgan fingerprint density at radius 1 is 0.811 bits per heavy atom. The number of nitrogens with two attached hydrogens (primary N) is 2. The molecule has 0 bridgehead atoms. The van der Waals surface area contributed by atoms with Crippen LogP contribution in [-0.2, 0) is 57.6 Å². The highest BCUT2D eigenvalue weighted by Gasteiger charge is 2.41. The fourth-order valence-electron chi connectivity index (χ4n) is 8.28. The Balaban J connectivity index is 1.61. The van der Waals surface area contributed by atoms with E-state index in [-0.39, 0.29) is 69.8 Å². The topological polar surface area (TPSA) is 380 Å². The van der Waals surface area contributed by atoms with Gasteiger partial charge in [-0.15, -0.1) is 0 Å². The van der Waals surface area contributed by atoms with Crippen molar-refractivity contribution in [2.24, 2.45) is 28.3 Å². The molecule has 1 fully saturated rings. The number of nitro groups is 1. The first-order valence-corrected chi connectivity index (χ1v) is 24.5. The summed E-state index contributed by atoms with van der Waals surface area (Å²) in [5, 5.41) is 40.4. The van der Waals surface area contributed by atoms with Crippen molar-refractivity contribution in [3.8, 4) is 0 Å². The number of H-pyrrole nitrogens is 1. The van der Waals surface area contributed by atoms with E-state index in [4.69, 9.17) is 11.5 Å². The number of aromatic nitrogens is 2. The number of nitrogens with one attached hydrogen (secondary N) is 8. The zero-order valence-electron chi connectivity index (χ0n) is 42.3. The van der Waals surface area contributed by atoms with Gasteiger partial charge in [0.2, 0.25) is 41.4 Å². The summed E-state index contributed by atoms with van der Waals surface area (Å²) < 4.78 is 0. The third kappa shape index (κ3) is 18.0. The molecule has 1 aliphatic rings. The van der Waals surface area contributed by atoms with Gasteiger partial charge in [-0.05, 0) is 55.7 Å². The number of aromatic amines is 1. The van der Waals surface area contributed by atoms with Crippen molar-refractivity contribution in [2.75, 3.05) is 26.7 Å². The second kappa shape index (κ2) is 28.9. The number of hydrogen-bond donors (Lipinski definition) is 11. The van der Waals surface area contributed by atoms with Gasteiger partial charge >= 0.3 is 5.97 Å². The van der Waals surface area contributed by atoms with E-state index in [0.717, 1.165) is 0 Å². The maximum absolute atomic E-state index is 14.6. The van der Waals surface area contributed by atoms with E-state index in [1.54, 1.807) is 65.1 Å². The van der Waals surface area contributed by atoms with E-state index in [1.807, 2.05) is 0 Å². The molecule has 25 heteroatoms. The number of carboxylic acids is 1. The molecular formula is C49H70N14O11. The van der Waals surface area contributed by atoms with E-state index >= 15 is 0 Å². The summed E-state index contributed by atoms with van der Waals surface area (Å²) in [4.78, 5) is 133. The van der Waals surface area contributed by atoms with Crippen LogP contribution in [0.4, 0.5) is 5.69 Å². The second-order valence-corrected chi connectivity index (χ2v) is 18.5. The van der Waals surface area contributed by atoms with Crippen LogP contribution in [0.25, 0.3) is 0 Å². The van der Waals surface area contributed by atoms with Gasteiger partial charge in [0.15, 0.2) is 5.96 Å². The number of guanidine groups is 1. The van der Waals surface area contributed by atoms with Crippen LogP contribution in [0.1, 0.15) is 76.6 Å². The number of hydrogen-bond acceptors (Lipinski definition) is 13. The predicted octanol–water partition coefficient (Wildman–Crippen LogP) is -0.695. The minimum atomic E-state index is -1.45. The fraction of sp³-hybridized carbons (Fsp3) is 0.510. The van der Waals surface area contributed by atoms with Crippen LogP contribution in [0.5, 0.6) is 0 Å². The van der Waals surface area contributed by atoms with Gasteiger partial charge in [-0.2, -0.15) is 0 Å². The average molecular weight is 1030 g/mol. The first-order chi connectivity index (χ1) is 35.2. The zero-order valence-corrected chi connectivity index (χ0v) is 42.3. The zero-order chi connectivity index (χ0) is 54.5. The van der Waals surface area contributed by atoms with Crippen molar-refractivity contribution in [1.29, 1.82) is 0 Å². The van der Waals surface area contributed by atoms with E-state index in [2.05, 4.69) is 52.2 Å². The van der Waals surface area contributed by atoms with Gasteiger partial charge in [-0.3, -0.25) is 48.7 Å². The molecule has 2 aromatic carbocycles. The molecule has 1 aromatic heterocycles. The van der Waals surface area contributed by atoms with Gasteiger partial charge in [0.25, 0.3) is 5.69 Å². The minimum absolute atomic E-state index is 0.000502. The lowest BCUT2D eigenvalue weighted by Crippen LogP contribution is -2.62. The predicted molar refractivity (Wildman–Crippen MR) is 271 cm³/mol. The summed E-state index contributed by atoms with van der Waals surface area (Å²) in [6, 6.07) is 5.21. The second-order valence-electron chi connectivity index (χ2n) is 18.5. The number of non-ortho nitro benzene ring substituents is 1. The monoisotopic (exact) mass is 1030 g/mol. The molecule has 13 N–H and O–H groups in total. The summed E-state index contributed by atoms with van der Waals surface area (Å²) in [7, 11) is 1.55. The Hall–Kier alpha value is -7.96. The highest BCUT2D eigenvalue weighted by atomic mass is 16.6. The van der Waals surface area contributed by atoms with Gasteiger partial charge in [0.05, 0.1) is 17.8 Å². The van der Waals surface area contributed by atoms with E-state index in [0.29, 0.717) is 29.7 Å². The number of nitro benzene ring substituents is 1. The third-order valence-electron chi connectivity index (χ3n) is 12.5. The lowest BCUT2D eigenvalue weighted by Gasteiger charge is -2.32. The molecule has 25 nitrogen and oxygen atoms in total. The van der Waals surface area contributed by atoms with Crippen molar-refractivity contribution in [1.82, 2.24) is 52.1 Å². The van der Waals surface area contributed by atoms with Crippen molar-refractivity contribution in [3.63, 3.8) is 0 Å². The Kier molecular flexibility index (Phi) is 22.9. The standard InChI is InChI=1S/C49H70N14O11/c1-6-29(4)41(46(69)58-36(24-32-25-53-27-55-32)47(70)62-21-11-15-38(62)44(67)59-37(48(71)72)23-30-12-8-7-9-13-30)61-43(66)35(22-31-16-18-33(19-17-31)63(73)74)57-45(68)40(28(2)3)60-42(65)34(56-39(64)26-52-5)14-10-20-54-49(50)51/h7-9,12-13,16-19,25,27-29,34-38,40-41,52H,6,10-11,14-15,20-24,26H2,1-5H3,(H,53,55)(H,56,64)(H,57,68)(H,58,69)(H,59,67)(H,60,65)(H,61,66)(H,71,72)(H4,50,51,54)/t29-,34-,35-,36-,37-,38-,40-,41-/m0/s1. The van der Waals surface area contributed by atoms with Crippen molar-refractivity contribution >= 4 is 59.0 Å². The van der Waals surface area contributed by atoms with Crippen LogP contribution in [0, 0.1) is 22.0 Å². The Morgan fingerprint density at radius 3 is 2.03 bits per heavy atom. The molecule has 4 rings (SSSR count). The smallest absolute Gasteiger partial charge is 0.326 e. The van der Waals surface area contributed by atoms with E-state index in [1.165, 1.54) is 41.7 Å². The Bertz CT molecular complexity index is 2420. The first kappa shape index (κ1) is 58.6. The maximum Gasteiger partial charge on any atom is 0.326 e. The molecule has 0 unspecified atom stereocenters. The Morgan fingerprint density at radius 2 is 1.43 bits per heavy atom. The summed E-state index contributed by atoms with van der Waals surface area (Å²) in [5.41, 5.74) is 12.2. The summed E-state index contributed by atoms with van der Waals surface area (Å²) in [6.07, 6.45) is 3.87. The molecule has 1 saturated heterocycles. The van der Waals surface area contributed by atoms with Crippen molar-refractivity contribution in [3.05, 3.63) is 94.1 Å². The molecule has 7 amide bonds. The number of likely N-dealkylation sites (tertiary alicyclic amines) is 1. The van der Waals surface area contributed by atoms with Gasteiger partial charge in [0.1, 0.15) is 42.3 Å². The molecule has 402 valence electrons. The SMILES string of the molecule is CC[C@H](C)[C@H](NC(=O)[C@H](Cc1ccc([N+](=O)[O-])cc1)NC(=O)[C@@H](NC(=O)[C@H](CCCN=C(N)N)NC(=O)CNC)C(C)C)C(=O)N[C@@H](Cc1cnc[nH]1)C(=O)N1CCC[C@H]1C(=O)N[C@@H](Cc1ccccc1)C(=O)O. The van der Waals surface area contributed by atoms with Crippen LogP contribution >= 0.6 is 0 Å². The molecule has 2 heterocycles. The number of rotatable bonds is 29. The lowest BCUT2D eigenvalue weighted by atomic mass is 9.96. The summed E-state index contributed by atoms with van der Waals surface area (Å²) >= 11 is 0. The first-order valence-electron chi connectivity index (χ1n) is 24.5. The van der Waals surface area contributed by atoms with Crippen LogP contribution in [0.15, 0.2) is 72.1 Å². The number of benzene rings is 2. The molecule has 74 heavy (non-hydrogen) atoms. The number of imidazole rings is 1. The summed E-state index contributed by atoms with van der Waals surface area (Å²) in [5.74, 6) is -7.51. The maximum atomic E-state index is 14.6. The van der Waals surface area contributed by atoms with Gasteiger partial charge in [0, 0.05) is 56.4 Å². The highest BCUT2D eigenvalue weighted by Crippen LogP contribution is 2.21. The summed E-state index contributed by atoms with van der Waals surface area (Å²) in [6.45, 7) is 6.96. The number of carbonyl (C=O) groups is 8. The highest BCUT2D eigenvalue weighted by molar-refractivity contribution is 5.98. The number of aliphatic carboxylic acids is 1. The van der Waals surface area contributed by atoms with Crippen molar-refractivity contribution in [2.45, 2.75) is 121 Å². The van der Waals surface area contributed by atoms with Crippen LogP contribution in [-0.4, -0.2) is 147 Å². The van der Waals surface area contributed by atoms with E-state index in [9.17, 15) is 53.6 Å². The number of nitrogens with zero attached hydrogens (tertiary/aromatic N) is 4. The number of carbonyl (C=O) groups excluding carboxylic acids is 7. The van der Waals surface area contributed by atoms with Crippen LogP contribution in [0.3, 0.4) is 0 Å². The Labute approximate surface area is 428 Å². The molecular weight excluding hydrogens is 961 g/mol. The number of carboxylic acid groups (broad SMARTS) is 1. The average Bonchev–Trinajstić information content (AvgIpc) is 4.08. The van der Waals surface area contributed by atoms with E-state index < -0.39 is 106 Å². The molecule has 1 aliphatic heterocycles. The number of likely N-dealkylation sites (N-methyl/N-ethyl adjacent to an activating group) is 1. The molecule has 0 radical (unpaired) electrons. The third-order valence-corrected chi connectivity index (χ3v) is 12.5. The molecule has 0 aliphatic carbocycles. The lowest BCUT2D eigenvalue weighted by molar-refractivity contribution is -0.384. The molecule has 8 atom stereocenters. The molecule has 3 aromatic rings. The largest absolute Gasteiger partial charge is 0.480 e. The number of aliphatic imine (C=N–C) groups is 1. The molecule has 0 spiro atoms. The van der Waals surface area contributed by atoms with Gasteiger partial charge < -0.3 is 63.7 Å². The van der Waals surface area contributed by atoms with Crippen LogP contribution < -0.4 is 48.7 Å². The normalized spacial score (nSPS) is 16.0. The van der Waals surface area contributed by atoms with Crippen molar-refractivity contribution < 1.29 is 48.4 Å². The van der Waals surface area contributed by atoms with Gasteiger partial charge in [-0.25, -0.2) is 9.78 Å².